The first-order chi connectivity index (χ1) is 17.0. The molecule has 4 aromatic rings. The van der Waals surface area contributed by atoms with Gasteiger partial charge in [0.25, 0.3) is 11.8 Å². The summed E-state index contributed by atoms with van der Waals surface area (Å²) in [5, 5.41) is 14.8. The number of benzene rings is 1. The van der Waals surface area contributed by atoms with Gasteiger partial charge in [0.1, 0.15) is 24.0 Å². The largest absolute Gasteiger partial charge is 0.347 e. The monoisotopic (exact) mass is 487 g/mol. The third-order valence-corrected chi connectivity index (χ3v) is 7.44. The van der Waals surface area contributed by atoms with E-state index in [0.29, 0.717) is 6.54 Å². The van der Waals surface area contributed by atoms with Gasteiger partial charge in [-0.25, -0.2) is 15.0 Å². The summed E-state index contributed by atoms with van der Waals surface area (Å²) in [7, 11) is 0. The Hall–Kier alpha value is -3.92. The molecule has 1 atom stereocenters. The number of hydrogen-bond donors (Lipinski definition) is 3. The molecule has 0 fully saturated rings. The lowest BCUT2D eigenvalue weighted by Gasteiger charge is -2.15. The molecule has 0 saturated carbocycles. The van der Waals surface area contributed by atoms with Crippen molar-refractivity contribution in [2.75, 3.05) is 0 Å². The molecule has 9 nitrogen and oxygen atoms in total. The summed E-state index contributed by atoms with van der Waals surface area (Å²) in [5.41, 5.74) is 5.82. The van der Waals surface area contributed by atoms with Gasteiger partial charge in [-0.2, -0.15) is 5.10 Å². The third-order valence-electron chi connectivity index (χ3n) is 6.31. The number of H-pyrrole nitrogens is 1. The number of aromatic nitrogens is 5. The molecule has 1 aromatic carbocycles. The maximum Gasteiger partial charge on any atom is 0.270 e. The van der Waals surface area contributed by atoms with E-state index in [1.807, 2.05) is 17.5 Å². The number of rotatable bonds is 7. The van der Waals surface area contributed by atoms with Crippen LogP contribution in [0.1, 0.15) is 67.5 Å². The number of nitrogens with one attached hydrogen (secondary N) is 3. The molecule has 3 heterocycles. The van der Waals surface area contributed by atoms with E-state index < -0.39 is 0 Å². The van der Waals surface area contributed by atoms with Crippen LogP contribution in [0, 0.1) is 6.92 Å². The van der Waals surface area contributed by atoms with Crippen molar-refractivity contribution in [3.63, 3.8) is 0 Å². The molecule has 0 unspecified atom stereocenters. The molecule has 178 valence electrons. The highest BCUT2D eigenvalue weighted by Gasteiger charge is 2.27. The minimum absolute atomic E-state index is 0.126. The highest BCUT2D eigenvalue weighted by Crippen LogP contribution is 2.37. The Labute approximate surface area is 206 Å². The number of carbonyl (C=O) groups excluding carboxylic acids is 2. The Morgan fingerprint density at radius 1 is 1.11 bits per heavy atom. The lowest BCUT2D eigenvalue weighted by molar-refractivity contribution is 0.0931. The standard InChI is InChI=1S/C25H25N7O2S/c1-3-16-8-15(11-35-16)10-26-24(33)21-9-22(28-12-27-21)25(34)31-20-7-6-17-14(2)18(4-5-19(17)20)23-29-13-30-32-23/h4-5,8-9,11-13,20H,3,6-7,10H2,1-2H3,(H,26,33)(H,31,34)(H,29,30,32)/t20-/m0/s1. The molecular weight excluding hydrogens is 462 g/mol. The second-order valence-corrected chi connectivity index (χ2v) is 9.45. The van der Waals surface area contributed by atoms with Crippen molar-refractivity contribution in [1.29, 1.82) is 0 Å². The maximum atomic E-state index is 13.0. The van der Waals surface area contributed by atoms with Crippen LogP contribution in [-0.2, 0) is 19.4 Å². The Balaban J connectivity index is 1.26. The van der Waals surface area contributed by atoms with Crippen LogP contribution < -0.4 is 10.6 Å². The summed E-state index contributed by atoms with van der Waals surface area (Å²) in [6, 6.07) is 7.43. The first kappa shape index (κ1) is 22.9. The van der Waals surface area contributed by atoms with Crippen LogP contribution in [0.3, 0.4) is 0 Å². The number of hydrogen-bond acceptors (Lipinski definition) is 7. The summed E-state index contributed by atoms with van der Waals surface area (Å²) in [6.07, 6.45) is 5.36. The lowest BCUT2D eigenvalue weighted by Crippen LogP contribution is -2.29. The lowest BCUT2D eigenvalue weighted by atomic mass is 9.97. The van der Waals surface area contributed by atoms with Crippen LogP contribution in [0.4, 0.5) is 0 Å². The molecule has 0 aliphatic heterocycles. The van der Waals surface area contributed by atoms with Crippen LogP contribution >= 0.6 is 11.3 Å². The zero-order valence-electron chi connectivity index (χ0n) is 19.5. The van der Waals surface area contributed by atoms with Gasteiger partial charge in [-0.1, -0.05) is 19.1 Å². The van der Waals surface area contributed by atoms with E-state index in [4.69, 9.17) is 0 Å². The van der Waals surface area contributed by atoms with Crippen molar-refractivity contribution in [2.24, 2.45) is 0 Å². The number of aryl methyl sites for hydroxylation is 1. The molecule has 10 heteroatoms. The Kier molecular flexibility index (Phi) is 6.37. The van der Waals surface area contributed by atoms with Gasteiger partial charge in [0, 0.05) is 23.1 Å². The molecule has 5 rings (SSSR count). The van der Waals surface area contributed by atoms with Gasteiger partial charge in [0.05, 0.1) is 6.04 Å². The van der Waals surface area contributed by atoms with Crippen LogP contribution in [0.25, 0.3) is 11.4 Å². The summed E-state index contributed by atoms with van der Waals surface area (Å²) >= 11 is 1.68. The molecule has 0 spiro atoms. The number of carbonyl (C=O) groups is 2. The smallest absolute Gasteiger partial charge is 0.270 e. The minimum Gasteiger partial charge on any atom is -0.347 e. The summed E-state index contributed by atoms with van der Waals surface area (Å²) < 4.78 is 0. The molecule has 2 amide bonds. The molecule has 3 aromatic heterocycles. The third kappa shape index (κ3) is 4.69. The normalized spacial score (nSPS) is 14.5. The Bertz CT molecular complexity index is 1380. The van der Waals surface area contributed by atoms with Crippen LogP contribution in [0.5, 0.6) is 0 Å². The predicted octanol–water partition coefficient (Wildman–Crippen LogP) is 3.54. The van der Waals surface area contributed by atoms with E-state index in [2.05, 4.69) is 55.7 Å². The van der Waals surface area contributed by atoms with E-state index >= 15 is 0 Å². The topological polar surface area (TPSA) is 126 Å². The van der Waals surface area contributed by atoms with Crippen molar-refractivity contribution in [2.45, 2.75) is 45.7 Å². The van der Waals surface area contributed by atoms with Gasteiger partial charge in [-0.15, -0.1) is 11.3 Å². The molecule has 1 aliphatic carbocycles. The molecular formula is C25H25N7O2S. The van der Waals surface area contributed by atoms with Gasteiger partial charge >= 0.3 is 0 Å². The first-order valence-electron chi connectivity index (χ1n) is 11.5. The Morgan fingerprint density at radius 2 is 1.94 bits per heavy atom. The second kappa shape index (κ2) is 9.75. The quantitative estimate of drug-likeness (QED) is 0.366. The van der Waals surface area contributed by atoms with Crippen molar-refractivity contribution < 1.29 is 9.59 Å². The number of fused-ring (bicyclic) bond motifs is 1. The van der Waals surface area contributed by atoms with Gasteiger partial charge in [-0.3, -0.25) is 14.7 Å². The zero-order chi connectivity index (χ0) is 24.4. The molecule has 0 saturated heterocycles. The number of aromatic amines is 1. The van der Waals surface area contributed by atoms with E-state index in [0.717, 1.165) is 47.3 Å². The fourth-order valence-electron chi connectivity index (χ4n) is 4.44. The van der Waals surface area contributed by atoms with Crippen molar-refractivity contribution in [3.8, 4) is 11.4 Å². The second-order valence-electron chi connectivity index (χ2n) is 8.45. The summed E-state index contributed by atoms with van der Waals surface area (Å²) in [6.45, 7) is 4.58. The maximum absolute atomic E-state index is 13.0. The average molecular weight is 488 g/mol. The predicted molar refractivity (Wildman–Crippen MR) is 132 cm³/mol. The molecule has 0 bridgehead atoms. The fourth-order valence-corrected chi connectivity index (χ4v) is 5.28. The van der Waals surface area contributed by atoms with Gasteiger partial charge in [0.15, 0.2) is 5.82 Å². The van der Waals surface area contributed by atoms with Crippen molar-refractivity contribution >= 4 is 23.2 Å². The van der Waals surface area contributed by atoms with Gasteiger partial charge < -0.3 is 10.6 Å². The minimum atomic E-state index is -0.340. The number of amides is 2. The molecule has 1 aliphatic rings. The average Bonchev–Trinajstić information content (AvgIpc) is 3.64. The van der Waals surface area contributed by atoms with E-state index in [9.17, 15) is 9.59 Å². The molecule has 35 heavy (non-hydrogen) atoms. The first-order valence-corrected chi connectivity index (χ1v) is 12.4. The van der Waals surface area contributed by atoms with Crippen LogP contribution in [0.2, 0.25) is 0 Å². The zero-order valence-corrected chi connectivity index (χ0v) is 20.3. The van der Waals surface area contributed by atoms with Crippen molar-refractivity contribution in [1.82, 2.24) is 35.8 Å². The highest BCUT2D eigenvalue weighted by atomic mass is 32.1. The van der Waals surface area contributed by atoms with E-state index in [1.54, 1.807) is 11.3 Å². The number of thiophene rings is 1. The van der Waals surface area contributed by atoms with E-state index in [-0.39, 0.29) is 29.2 Å². The Morgan fingerprint density at radius 3 is 2.69 bits per heavy atom. The molecule has 3 N–H and O–H groups in total. The summed E-state index contributed by atoms with van der Waals surface area (Å²) in [5.74, 6) is 0.0588. The van der Waals surface area contributed by atoms with Gasteiger partial charge in [0.2, 0.25) is 0 Å². The van der Waals surface area contributed by atoms with Crippen LogP contribution in [-0.4, -0.2) is 37.0 Å². The molecule has 0 radical (unpaired) electrons. The van der Waals surface area contributed by atoms with E-state index in [1.165, 1.54) is 29.2 Å². The summed E-state index contributed by atoms with van der Waals surface area (Å²) in [4.78, 5) is 39.3. The fraction of sp³-hybridized carbons (Fsp3) is 0.280. The van der Waals surface area contributed by atoms with Crippen molar-refractivity contribution in [3.05, 3.63) is 80.8 Å². The van der Waals surface area contributed by atoms with Crippen LogP contribution in [0.15, 0.2) is 42.3 Å². The van der Waals surface area contributed by atoms with Gasteiger partial charge in [-0.05, 0) is 59.9 Å². The number of nitrogens with zero attached hydrogens (tertiary/aromatic N) is 4. The highest BCUT2D eigenvalue weighted by molar-refractivity contribution is 7.10. The SMILES string of the molecule is CCc1cc(CNC(=O)c2cc(C(=O)N[C@H]3CCc4c3ccc(-c3ncn[nH]3)c4C)ncn2)cs1.